The lowest BCUT2D eigenvalue weighted by Gasteiger charge is -2.09. The van der Waals surface area contributed by atoms with E-state index in [1.807, 2.05) is 49.4 Å². The molecule has 25 heavy (non-hydrogen) atoms. The number of rotatable bonds is 5. The second-order valence-electron chi connectivity index (χ2n) is 5.84. The average molecular weight is 334 g/mol. The Labute approximate surface area is 146 Å². The van der Waals surface area contributed by atoms with Crippen LogP contribution in [0.2, 0.25) is 0 Å². The molecule has 0 unspecified atom stereocenters. The molecule has 0 radical (unpaired) electrons. The van der Waals surface area contributed by atoms with Crippen LogP contribution in [0.1, 0.15) is 21.5 Å². The predicted octanol–water partition coefficient (Wildman–Crippen LogP) is 5.00. The molecule has 0 aliphatic rings. The van der Waals surface area contributed by atoms with Gasteiger partial charge in [-0.2, -0.15) is 0 Å². The second-order valence-corrected chi connectivity index (χ2v) is 5.84. The lowest BCUT2D eigenvalue weighted by Crippen LogP contribution is -2.11. The van der Waals surface area contributed by atoms with Crippen molar-refractivity contribution >= 4 is 17.3 Å². The first kappa shape index (κ1) is 16.7. The molecule has 3 nitrogen and oxygen atoms in total. The molecule has 4 heteroatoms. The number of aryl methyl sites for hydroxylation is 1. The Hall–Kier alpha value is -3.14. The van der Waals surface area contributed by atoms with E-state index in [9.17, 15) is 9.18 Å². The van der Waals surface area contributed by atoms with Crippen LogP contribution in [0.5, 0.6) is 0 Å². The second kappa shape index (κ2) is 7.62. The Morgan fingerprint density at radius 1 is 0.880 bits per heavy atom. The Morgan fingerprint density at radius 3 is 2.20 bits per heavy atom. The van der Waals surface area contributed by atoms with Gasteiger partial charge in [0.05, 0.1) is 0 Å². The molecule has 2 N–H and O–H groups in total. The molecular weight excluding hydrogens is 315 g/mol. The van der Waals surface area contributed by atoms with E-state index in [1.165, 1.54) is 6.07 Å². The Kier molecular flexibility index (Phi) is 5.09. The van der Waals surface area contributed by atoms with Crippen LogP contribution in [0.15, 0.2) is 72.8 Å². The standard InChI is InChI=1S/C21H19FN2O/c1-15-6-8-16(9-7-15)21(25)24-19-12-10-18(11-13-19)23-14-17-4-2-3-5-20(17)22/h2-13,23H,14H2,1H3,(H,24,25). The van der Waals surface area contributed by atoms with Gasteiger partial charge in [-0.3, -0.25) is 4.79 Å². The van der Waals surface area contributed by atoms with Crippen molar-refractivity contribution in [2.45, 2.75) is 13.5 Å². The van der Waals surface area contributed by atoms with Crippen LogP contribution in [0, 0.1) is 12.7 Å². The SMILES string of the molecule is Cc1ccc(C(=O)Nc2ccc(NCc3ccccc3F)cc2)cc1. The molecule has 0 heterocycles. The quantitative estimate of drug-likeness (QED) is 0.689. The van der Waals surface area contributed by atoms with Crippen LogP contribution in [0.4, 0.5) is 15.8 Å². The van der Waals surface area contributed by atoms with Crippen molar-refractivity contribution in [2.75, 3.05) is 10.6 Å². The number of nitrogens with one attached hydrogen (secondary N) is 2. The molecule has 3 aromatic carbocycles. The Morgan fingerprint density at radius 2 is 1.52 bits per heavy atom. The van der Waals surface area contributed by atoms with Gasteiger partial charge in [0, 0.05) is 29.0 Å². The Bertz CT molecular complexity index is 858. The van der Waals surface area contributed by atoms with E-state index < -0.39 is 0 Å². The molecule has 0 bridgehead atoms. The van der Waals surface area contributed by atoms with Crippen molar-refractivity contribution < 1.29 is 9.18 Å². The largest absolute Gasteiger partial charge is 0.381 e. The first-order valence-electron chi connectivity index (χ1n) is 8.07. The fraction of sp³-hybridized carbons (Fsp3) is 0.0952. The van der Waals surface area contributed by atoms with E-state index in [1.54, 1.807) is 24.3 Å². The van der Waals surface area contributed by atoms with E-state index in [0.717, 1.165) is 11.3 Å². The molecule has 0 fully saturated rings. The minimum atomic E-state index is -0.225. The van der Waals surface area contributed by atoms with Gasteiger partial charge in [-0.25, -0.2) is 4.39 Å². The molecule has 126 valence electrons. The molecule has 0 aromatic heterocycles. The van der Waals surface area contributed by atoms with Crippen molar-refractivity contribution in [3.63, 3.8) is 0 Å². The van der Waals surface area contributed by atoms with Gasteiger partial charge in [-0.1, -0.05) is 35.9 Å². The van der Waals surface area contributed by atoms with Gasteiger partial charge in [0.15, 0.2) is 0 Å². The number of hydrogen-bond acceptors (Lipinski definition) is 2. The summed E-state index contributed by atoms with van der Waals surface area (Å²) in [6.45, 7) is 2.39. The minimum Gasteiger partial charge on any atom is -0.381 e. The first-order valence-corrected chi connectivity index (χ1v) is 8.07. The molecule has 1 amide bonds. The number of carbonyl (C=O) groups is 1. The zero-order chi connectivity index (χ0) is 17.6. The number of benzene rings is 3. The minimum absolute atomic E-state index is 0.146. The number of hydrogen-bond donors (Lipinski definition) is 2. The fourth-order valence-corrected chi connectivity index (χ4v) is 2.42. The third kappa shape index (κ3) is 4.44. The van der Waals surface area contributed by atoms with Crippen molar-refractivity contribution in [1.29, 1.82) is 0 Å². The van der Waals surface area contributed by atoms with Gasteiger partial charge in [-0.05, 0) is 49.4 Å². The van der Waals surface area contributed by atoms with E-state index >= 15 is 0 Å². The highest BCUT2D eigenvalue weighted by atomic mass is 19.1. The maximum atomic E-state index is 13.6. The maximum Gasteiger partial charge on any atom is 0.255 e. The van der Waals surface area contributed by atoms with Crippen molar-refractivity contribution in [1.82, 2.24) is 0 Å². The zero-order valence-corrected chi connectivity index (χ0v) is 13.9. The fourth-order valence-electron chi connectivity index (χ4n) is 2.42. The van der Waals surface area contributed by atoms with Crippen LogP contribution in [0.25, 0.3) is 0 Å². The van der Waals surface area contributed by atoms with Gasteiger partial charge in [-0.15, -0.1) is 0 Å². The normalized spacial score (nSPS) is 10.3. The van der Waals surface area contributed by atoms with Crippen LogP contribution in [-0.4, -0.2) is 5.91 Å². The highest BCUT2D eigenvalue weighted by molar-refractivity contribution is 6.04. The summed E-state index contributed by atoms with van der Waals surface area (Å²) in [5, 5.41) is 6.03. The highest BCUT2D eigenvalue weighted by Gasteiger charge is 2.06. The molecule has 0 aliphatic carbocycles. The third-order valence-electron chi connectivity index (χ3n) is 3.90. The van der Waals surface area contributed by atoms with E-state index in [2.05, 4.69) is 10.6 Å². The van der Waals surface area contributed by atoms with Gasteiger partial charge >= 0.3 is 0 Å². The smallest absolute Gasteiger partial charge is 0.255 e. The summed E-state index contributed by atoms with van der Waals surface area (Å²) >= 11 is 0. The summed E-state index contributed by atoms with van der Waals surface area (Å²) in [5.74, 6) is -0.371. The molecule has 0 atom stereocenters. The van der Waals surface area contributed by atoms with Crippen molar-refractivity contribution in [3.05, 3.63) is 95.3 Å². The molecule has 0 spiro atoms. The van der Waals surface area contributed by atoms with Gasteiger partial charge in [0.1, 0.15) is 5.82 Å². The third-order valence-corrected chi connectivity index (χ3v) is 3.90. The summed E-state index contributed by atoms with van der Waals surface area (Å²) in [6.07, 6.45) is 0. The summed E-state index contributed by atoms with van der Waals surface area (Å²) < 4.78 is 13.6. The maximum absolute atomic E-state index is 13.6. The van der Waals surface area contributed by atoms with Gasteiger partial charge in [0.2, 0.25) is 0 Å². The summed E-state index contributed by atoms with van der Waals surface area (Å²) in [7, 11) is 0. The Balaban J connectivity index is 1.59. The number of carbonyl (C=O) groups excluding carboxylic acids is 1. The van der Waals surface area contributed by atoms with Crippen molar-refractivity contribution in [2.24, 2.45) is 0 Å². The molecular formula is C21H19FN2O. The van der Waals surface area contributed by atoms with Crippen molar-refractivity contribution in [3.8, 4) is 0 Å². The predicted molar refractivity (Wildman–Crippen MR) is 99.3 cm³/mol. The molecule has 3 aromatic rings. The first-order chi connectivity index (χ1) is 12.1. The van der Waals surface area contributed by atoms with Crippen LogP contribution >= 0.6 is 0 Å². The molecule has 0 saturated carbocycles. The molecule has 0 aliphatic heterocycles. The summed E-state index contributed by atoms with van der Waals surface area (Å²) in [5.41, 5.74) is 3.91. The zero-order valence-electron chi connectivity index (χ0n) is 13.9. The number of halogens is 1. The summed E-state index contributed by atoms with van der Waals surface area (Å²) in [4.78, 5) is 12.2. The number of anilines is 2. The van der Waals surface area contributed by atoms with Crippen LogP contribution in [0.3, 0.4) is 0 Å². The highest BCUT2D eigenvalue weighted by Crippen LogP contribution is 2.16. The van der Waals surface area contributed by atoms with E-state index in [-0.39, 0.29) is 11.7 Å². The van der Waals surface area contributed by atoms with Crippen LogP contribution < -0.4 is 10.6 Å². The topological polar surface area (TPSA) is 41.1 Å². The average Bonchev–Trinajstić information content (AvgIpc) is 2.63. The van der Waals surface area contributed by atoms with E-state index in [4.69, 9.17) is 0 Å². The number of amides is 1. The molecule has 0 saturated heterocycles. The van der Waals surface area contributed by atoms with E-state index in [0.29, 0.717) is 23.4 Å². The van der Waals surface area contributed by atoms with Gasteiger partial charge in [0.25, 0.3) is 5.91 Å². The monoisotopic (exact) mass is 334 g/mol. The lowest BCUT2D eigenvalue weighted by atomic mass is 10.1. The van der Waals surface area contributed by atoms with Gasteiger partial charge < -0.3 is 10.6 Å². The summed E-state index contributed by atoms with van der Waals surface area (Å²) in [6, 6.07) is 21.4. The lowest BCUT2D eigenvalue weighted by molar-refractivity contribution is 0.102. The van der Waals surface area contributed by atoms with Crippen LogP contribution in [-0.2, 0) is 6.54 Å². The molecule has 3 rings (SSSR count).